The Labute approximate surface area is 104 Å². The Hall–Kier alpha value is -1.06. The number of halogens is 2. The molecule has 1 amide bonds. The van der Waals surface area contributed by atoms with Gasteiger partial charge in [0.15, 0.2) is 0 Å². The normalized spacial score (nSPS) is 11.1. The zero-order valence-electron chi connectivity index (χ0n) is 9.00. The summed E-state index contributed by atoms with van der Waals surface area (Å²) in [4.78, 5) is 11.2. The second-order valence-electron chi connectivity index (χ2n) is 3.56. The topological polar surface area (TPSA) is 41.5 Å². The van der Waals surface area contributed by atoms with Gasteiger partial charge >= 0.3 is 0 Å². The molecule has 1 aromatic carbocycles. The van der Waals surface area contributed by atoms with E-state index in [1.54, 1.807) is 32.0 Å². The molecule has 1 aromatic rings. The molecule has 0 atom stereocenters. The quantitative estimate of drug-likeness (QED) is 0.657. The van der Waals surface area contributed by atoms with Crippen LogP contribution in [0.25, 0.3) is 0 Å². The van der Waals surface area contributed by atoms with Crippen LogP contribution in [0.4, 0.5) is 0 Å². The van der Waals surface area contributed by atoms with Crippen LogP contribution in [0.2, 0.25) is 10.0 Å². The standard InChI is InChI=1S/C11H12Cl2N2O/c1-7(2)11(16)15-14-6-8-3-4-9(12)10(13)5-8/h3-7H,1-2H3,(H,15,16)/b14-6-. The van der Waals surface area contributed by atoms with Crippen LogP contribution in [0, 0.1) is 5.92 Å². The first-order valence-corrected chi connectivity index (χ1v) is 5.54. The van der Waals surface area contributed by atoms with Crippen molar-refractivity contribution in [3.8, 4) is 0 Å². The third-order valence-corrected chi connectivity index (χ3v) is 2.60. The summed E-state index contributed by atoms with van der Waals surface area (Å²) in [5.74, 6) is -0.220. The molecule has 16 heavy (non-hydrogen) atoms. The Bertz CT molecular complexity index is 416. The van der Waals surface area contributed by atoms with Crippen molar-refractivity contribution in [2.24, 2.45) is 11.0 Å². The van der Waals surface area contributed by atoms with Crippen LogP contribution in [0.15, 0.2) is 23.3 Å². The molecule has 0 aromatic heterocycles. The average Bonchev–Trinajstić information content (AvgIpc) is 2.23. The van der Waals surface area contributed by atoms with Gasteiger partial charge in [-0.15, -0.1) is 0 Å². The van der Waals surface area contributed by atoms with E-state index in [4.69, 9.17) is 23.2 Å². The van der Waals surface area contributed by atoms with Crippen molar-refractivity contribution < 1.29 is 4.79 Å². The predicted molar refractivity (Wildman–Crippen MR) is 67.0 cm³/mol. The molecule has 0 unspecified atom stereocenters. The second kappa shape index (κ2) is 5.87. The van der Waals surface area contributed by atoms with Gasteiger partial charge in [0.05, 0.1) is 16.3 Å². The summed E-state index contributed by atoms with van der Waals surface area (Å²) in [6, 6.07) is 5.11. The second-order valence-corrected chi connectivity index (χ2v) is 4.38. The molecule has 0 radical (unpaired) electrons. The fraction of sp³-hybridized carbons (Fsp3) is 0.273. The van der Waals surface area contributed by atoms with E-state index in [-0.39, 0.29) is 11.8 Å². The first-order valence-electron chi connectivity index (χ1n) is 4.78. The number of hydrogen-bond acceptors (Lipinski definition) is 2. The van der Waals surface area contributed by atoms with Gasteiger partial charge in [0.1, 0.15) is 0 Å². The number of carbonyl (C=O) groups excluding carboxylic acids is 1. The molecule has 86 valence electrons. The van der Waals surface area contributed by atoms with Crippen LogP contribution in [0.3, 0.4) is 0 Å². The SMILES string of the molecule is CC(C)C(=O)N/N=C\c1ccc(Cl)c(Cl)c1. The highest BCUT2D eigenvalue weighted by molar-refractivity contribution is 6.42. The molecular weight excluding hydrogens is 247 g/mol. The summed E-state index contributed by atoms with van der Waals surface area (Å²) < 4.78 is 0. The fourth-order valence-corrected chi connectivity index (χ4v) is 1.20. The number of benzene rings is 1. The lowest BCUT2D eigenvalue weighted by atomic mass is 10.2. The van der Waals surface area contributed by atoms with E-state index in [9.17, 15) is 4.79 Å². The molecule has 5 heteroatoms. The molecule has 0 aliphatic heterocycles. The van der Waals surface area contributed by atoms with Crippen LogP contribution in [-0.2, 0) is 4.79 Å². The van der Waals surface area contributed by atoms with Crippen molar-refractivity contribution >= 4 is 35.3 Å². The molecule has 0 spiro atoms. The number of nitrogens with zero attached hydrogens (tertiary/aromatic N) is 1. The minimum Gasteiger partial charge on any atom is -0.273 e. The number of rotatable bonds is 3. The van der Waals surface area contributed by atoms with Crippen molar-refractivity contribution in [3.63, 3.8) is 0 Å². The number of hydrazone groups is 1. The monoisotopic (exact) mass is 258 g/mol. The summed E-state index contributed by atoms with van der Waals surface area (Å²) in [5.41, 5.74) is 3.20. The summed E-state index contributed by atoms with van der Waals surface area (Å²) in [6.07, 6.45) is 1.52. The van der Waals surface area contributed by atoms with E-state index in [0.29, 0.717) is 10.0 Å². The minimum absolute atomic E-state index is 0.0917. The van der Waals surface area contributed by atoms with Gasteiger partial charge in [-0.1, -0.05) is 43.1 Å². The summed E-state index contributed by atoms with van der Waals surface area (Å²) in [7, 11) is 0. The van der Waals surface area contributed by atoms with E-state index >= 15 is 0 Å². The van der Waals surface area contributed by atoms with Crippen LogP contribution in [0.5, 0.6) is 0 Å². The Morgan fingerprint density at radius 3 is 2.62 bits per heavy atom. The maximum absolute atomic E-state index is 11.2. The third-order valence-electron chi connectivity index (χ3n) is 1.86. The van der Waals surface area contributed by atoms with E-state index in [1.807, 2.05) is 0 Å². The summed E-state index contributed by atoms with van der Waals surface area (Å²) in [6.45, 7) is 3.59. The molecule has 0 aliphatic carbocycles. The number of nitrogens with one attached hydrogen (secondary N) is 1. The van der Waals surface area contributed by atoms with Crippen LogP contribution >= 0.6 is 23.2 Å². The van der Waals surface area contributed by atoms with Gasteiger partial charge in [0, 0.05) is 5.92 Å². The third kappa shape index (κ3) is 3.83. The van der Waals surface area contributed by atoms with Gasteiger partial charge in [-0.2, -0.15) is 5.10 Å². The predicted octanol–water partition coefficient (Wildman–Crippen LogP) is 3.10. The maximum Gasteiger partial charge on any atom is 0.242 e. The highest BCUT2D eigenvalue weighted by Gasteiger charge is 2.03. The maximum atomic E-state index is 11.2. The van der Waals surface area contributed by atoms with Crippen LogP contribution in [-0.4, -0.2) is 12.1 Å². The van der Waals surface area contributed by atoms with E-state index in [0.717, 1.165) is 5.56 Å². The van der Waals surface area contributed by atoms with Crippen molar-refractivity contribution in [1.82, 2.24) is 5.43 Å². The molecule has 0 heterocycles. The number of amides is 1. The van der Waals surface area contributed by atoms with Gasteiger partial charge in [-0.3, -0.25) is 4.79 Å². The van der Waals surface area contributed by atoms with Crippen molar-refractivity contribution in [1.29, 1.82) is 0 Å². The van der Waals surface area contributed by atoms with Gasteiger partial charge in [-0.05, 0) is 17.7 Å². The largest absolute Gasteiger partial charge is 0.273 e. The first-order chi connectivity index (χ1) is 7.50. The van der Waals surface area contributed by atoms with Crippen LogP contribution < -0.4 is 5.43 Å². The van der Waals surface area contributed by atoms with E-state index in [1.165, 1.54) is 6.21 Å². The zero-order chi connectivity index (χ0) is 12.1. The number of hydrogen-bond donors (Lipinski definition) is 1. The van der Waals surface area contributed by atoms with E-state index in [2.05, 4.69) is 10.5 Å². The molecule has 0 bridgehead atoms. The molecule has 1 N–H and O–H groups in total. The van der Waals surface area contributed by atoms with Gasteiger partial charge in [-0.25, -0.2) is 5.43 Å². The Morgan fingerprint density at radius 1 is 1.38 bits per heavy atom. The van der Waals surface area contributed by atoms with Crippen molar-refractivity contribution in [3.05, 3.63) is 33.8 Å². The van der Waals surface area contributed by atoms with Gasteiger partial charge < -0.3 is 0 Å². The van der Waals surface area contributed by atoms with E-state index < -0.39 is 0 Å². The lowest BCUT2D eigenvalue weighted by Gasteiger charge is -2.01. The molecule has 0 aliphatic rings. The lowest BCUT2D eigenvalue weighted by Crippen LogP contribution is -2.22. The highest BCUT2D eigenvalue weighted by Crippen LogP contribution is 2.21. The summed E-state index contributed by atoms with van der Waals surface area (Å²) in [5, 5.41) is 4.76. The molecule has 0 saturated heterocycles. The zero-order valence-corrected chi connectivity index (χ0v) is 10.5. The number of carbonyl (C=O) groups is 1. The van der Waals surface area contributed by atoms with Crippen molar-refractivity contribution in [2.75, 3.05) is 0 Å². The average molecular weight is 259 g/mol. The van der Waals surface area contributed by atoms with Gasteiger partial charge in [0.25, 0.3) is 0 Å². The smallest absolute Gasteiger partial charge is 0.242 e. The first kappa shape index (κ1) is 13.0. The van der Waals surface area contributed by atoms with Crippen molar-refractivity contribution in [2.45, 2.75) is 13.8 Å². The molecule has 3 nitrogen and oxygen atoms in total. The summed E-state index contributed by atoms with van der Waals surface area (Å²) >= 11 is 11.6. The highest BCUT2D eigenvalue weighted by atomic mass is 35.5. The molecule has 0 fully saturated rings. The van der Waals surface area contributed by atoms with Crippen LogP contribution in [0.1, 0.15) is 19.4 Å². The minimum atomic E-state index is -0.128. The molecular formula is C11H12Cl2N2O. The fourth-order valence-electron chi connectivity index (χ4n) is 0.892. The molecule has 1 rings (SSSR count). The lowest BCUT2D eigenvalue weighted by molar-refractivity contribution is -0.123. The molecule has 0 saturated carbocycles. The Morgan fingerprint density at radius 2 is 2.06 bits per heavy atom. The Balaban J connectivity index is 2.63. The Kier molecular flexibility index (Phi) is 4.77. The van der Waals surface area contributed by atoms with Gasteiger partial charge in [0.2, 0.25) is 5.91 Å².